The van der Waals surface area contributed by atoms with E-state index in [9.17, 15) is 4.79 Å². The molecule has 0 saturated carbocycles. The second-order valence-corrected chi connectivity index (χ2v) is 6.26. The first-order valence-corrected chi connectivity index (χ1v) is 8.21. The number of fused-ring (bicyclic) bond motifs is 2. The lowest BCUT2D eigenvalue weighted by molar-refractivity contribution is 0.102. The summed E-state index contributed by atoms with van der Waals surface area (Å²) in [7, 11) is 3.59. The molecule has 3 aromatic heterocycles. The van der Waals surface area contributed by atoms with Crippen LogP contribution in [0.25, 0.3) is 5.65 Å². The van der Waals surface area contributed by atoms with E-state index < -0.39 is 5.91 Å². The number of amides is 1. The number of carbonyl (C=O) groups is 1. The molecule has 0 bridgehead atoms. The van der Waals surface area contributed by atoms with Crippen molar-refractivity contribution in [3.05, 3.63) is 41.5 Å². The van der Waals surface area contributed by atoms with Gasteiger partial charge in [-0.2, -0.15) is 0 Å². The summed E-state index contributed by atoms with van der Waals surface area (Å²) in [6.07, 6.45) is 5.82. The molecule has 0 aromatic carbocycles. The number of carbonyl (C=O) groups excluding carboxylic acids is 1. The zero-order valence-electron chi connectivity index (χ0n) is 14.6. The Balaban J connectivity index is 1.74. The Morgan fingerprint density at radius 1 is 1.42 bits per heavy atom. The van der Waals surface area contributed by atoms with Gasteiger partial charge in [-0.1, -0.05) is 0 Å². The van der Waals surface area contributed by atoms with Crippen LogP contribution < -0.4 is 15.8 Å². The third kappa shape index (κ3) is 2.72. The molecule has 0 saturated heterocycles. The number of methoxy groups -OCH3 is 1. The van der Waals surface area contributed by atoms with Gasteiger partial charge in [0.1, 0.15) is 17.0 Å². The normalized spacial score (nSPS) is 14.2. The summed E-state index contributed by atoms with van der Waals surface area (Å²) >= 11 is 0. The van der Waals surface area contributed by atoms with Crippen LogP contribution in [0.1, 0.15) is 21.6 Å². The Kier molecular flexibility index (Phi) is 3.92. The van der Waals surface area contributed by atoms with E-state index >= 15 is 0 Å². The largest absolute Gasteiger partial charge is 0.494 e. The van der Waals surface area contributed by atoms with Crippen molar-refractivity contribution in [3.8, 4) is 5.75 Å². The third-order valence-electron chi connectivity index (χ3n) is 4.45. The minimum absolute atomic E-state index is 0.133. The van der Waals surface area contributed by atoms with Crippen LogP contribution in [-0.4, -0.2) is 51.1 Å². The summed E-state index contributed by atoms with van der Waals surface area (Å²) in [4.78, 5) is 23.7. The number of pyridine rings is 1. The molecule has 1 amide bonds. The molecule has 134 valence electrons. The summed E-state index contributed by atoms with van der Waals surface area (Å²) in [5.41, 5.74) is 9.24. The number of aromatic nitrogens is 4. The van der Waals surface area contributed by atoms with Crippen molar-refractivity contribution in [3.63, 3.8) is 0 Å². The van der Waals surface area contributed by atoms with Crippen LogP contribution in [0.3, 0.4) is 0 Å². The summed E-state index contributed by atoms with van der Waals surface area (Å²) in [6, 6.07) is 1.67. The van der Waals surface area contributed by atoms with Crippen molar-refractivity contribution in [1.82, 2.24) is 24.5 Å². The van der Waals surface area contributed by atoms with Gasteiger partial charge >= 0.3 is 0 Å². The van der Waals surface area contributed by atoms with Crippen LogP contribution in [0, 0.1) is 0 Å². The highest BCUT2D eigenvalue weighted by atomic mass is 16.5. The molecule has 0 radical (unpaired) electrons. The van der Waals surface area contributed by atoms with Crippen LogP contribution in [0.15, 0.2) is 24.7 Å². The van der Waals surface area contributed by atoms with Gasteiger partial charge < -0.3 is 20.7 Å². The molecule has 9 nitrogen and oxygen atoms in total. The zero-order chi connectivity index (χ0) is 18.3. The number of nitrogen functional groups attached to an aromatic ring is 1. The summed E-state index contributed by atoms with van der Waals surface area (Å²) in [6.45, 7) is 1.72. The molecule has 1 aliphatic rings. The van der Waals surface area contributed by atoms with Crippen LogP contribution >= 0.6 is 0 Å². The van der Waals surface area contributed by atoms with E-state index in [1.807, 2.05) is 6.20 Å². The highest BCUT2D eigenvalue weighted by Crippen LogP contribution is 2.26. The maximum Gasteiger partial charge on any atom is 0.263 e. The maximum absolute atomic E-state index is 12.8. The van der Waals surface area contributed by atoms with Crippen molar-refractivity contribution in [1.29, 1.82) is 0 Å². The molecule has 3 N–H and O–H groups in total. The predicted molar refractivity (Wildman–Crippen MR) is 96.2 cm³/mol. The van der Waals surface area contributed by atoms with Crippen LogP contribution in [0.5, 0.6) is 5.75 Å². The fourth-order valence-corrected chi connectivity index (χ4v) is 3.13. The van der Waals surface area contributed by atoms with Gasteiger partial charge in [0, 0.05) is 43.5 Å². The first kappa shape index (κ1) is 16.3. The number of ether oxygens (including phenoxy) is 1. The van der Waals surface area contributed by atoms with E-state index in [2.05, 4.69) is 32.3 Å². The van der Waals surface area contributed by atoms with Crippen molar-refractivity contribution < 1.29 is 9.53 Å². The number of anilines is 2. The summed E-state index contributed by atoms with van der Waals surface area (Å²) in [5.74, 6) is 0.245. The molecular formula is C17H19N7O2. The molecule has 4 heterocycles. The van der Waals surface area contributed by atoms with E-state index in [4.69, 9.17) is 10.5 Å². The number of hydrogen-bond donors (Lipinski definition) is 2. The maximum atomic E-state index is 12.8. The fraction of sp³-hybridized carbons (Fsp3) is 0.294. The molecule has 3 aromatic rings. The molecule has 0 aliphatic carbocycles. The molecule has 0 unspecified atom stereocenters. The zero-order valence-corrected chi connectivity index (χ0v) is 14.6. The standard InChI is InChI=1S/C17H19N7O2/c1-23-6-4-11-10(8-23)9-24-16(20-11)14(15(18)22-24)17(25)21-12-7-19-5-3-13(12)26-2/h3,5,7,9H,4,6,8H2,1-2H3,(H2,18,22)(H,21,25). The number of nitrogens with two attached hydrogens (primary N) is 1. The van der Waals surface area contributed by atoms with Crippen molar-refractivity contribution in [2.45, 2.75) is 13.0 Å². The topological polar surface area (TPSA) is 111 Å². The number of nitrogens with zero attached hydrogens (tertiary/aromatic N) is 5. The van der Waals surface area contributed by atoms with Crippen LogP contribution in [0.2, 0.25) is 0 Å². The predicted octanol–water partition coefficient (Wildman–Crippen LogP) is 0.955. The Labute approximate surface area is 149 Å². The van der Waals surface area contributed by atoms with E-state index in [1.54, 1.807) is 16.8 Å². The first-order chi connectivity index (χ1) is 12.6. The van der Waals surface area contributed by atoms with Gasteiger partial charge in [0.25, 0.3) is 5.91 Å². The van der Waals surface area contributed by atoms with Gasteiger partial charge in [-0.05, 0) is 7.05 Å². The van der Waals surface area contributed by atoms with Gasteiger partial charge in [-0.3, -0.25) is 9.78 Å². The highest BCUT2D eigenvalue weighted by molar-refractivity contribution is 6.12. The number of likely N-dealkylation sites (N-methyl/N-ethyl adjacent to an activating group) is 1. The van der Waals surface area contributed by atoms with Crippen LogP contribution in [-0.2, 0) is 13.0 Å². The van der Waals surface area contributed by atoms with Gasteiger partial charge in [0.15, 0.2) is 11.5 Å². The lowest BCUT2D eigenvalue weighted by Gasteiger charge is -2.23. The van der Waals surface area contributed by atoms with Gasteiger partial charge in [-0.15, -0.1) is 5.10 Å². The Bertz CT molecular complexity index is 998. The SMILES string of the molecule is COc1ccncc1NC(=O)c1c(N)nn2cc3c(nc12)CCN(C)C3. The van der Waals surface area contributed by atoms with Gasteiger partial charge in [0.2, 0.25) is 0 Å². The monoisotopic (exact) mass is 353 g/mol. The molecule has 1 aliphatic heterocycles. The lowest BCUT2D eigenvalue weighted by atomic mass is 10.1. The minimum atomic E-state index is -0.399. The first-order valence-electron chi connectivity index (χ1n) is 8.21. The second kappa shape index (κ2) is 6.26. The molecule has 4 rings (SSSR count). The Morgan fingerprint density at radius 2 is 2.27 bits per heavy atom. The Morgan fingerprint density at radius 3 is 3.08 bits per heavy atom. The minimum Gasteiger partial charge on any atom is -0.494 e. The number of rotatable bonds is 3. The quantitative estimate of drug-likeness (QED) is 0.721. The third-order valence-corrected chi connectivity index (χ3v) is 4.45. The second-order valence-electron chi connectivity index (χ2n) is 6.26. The van der Waals surface area contributed by atoms with Crippen molar-refractivity contribution >= 4 is 23.1 Å². The smallest absolute Gasteiger partial charge is 0.263 e. The molecule has 0 atom stereocenters. The average Bonchev–Trinajstić information content (AvgIpc) is 2.94. The number of nitrogens with one attached hydrogen (secondary N) is 1. The summed E-state index contributed by atoms with van der Waals surface area (Å²) < 4.78 is 6.81. The van der Waals surface area contributed by atoms with E-state index in [-0.39, 0.29) is 11.4 Å². The lowest BCUT2D eigenvalue weighted by Crippen LogP contribution is -2.28. The van der Waals surface area contributed by atoms with Crippen LogP contribution in [0.4, 0.5) is 11.5 Å². The Hall–Kier alpha value is -3.20. The molecule has 26 heavy (non-hydrogen) atoms. The number of hydrogen-bond acceptors (Lipinski definition) is 7. The molecular weight excluding hydrogens is 334 g/mol. The van der Waals surface area contributed by atoms with Gasteiger partial charge in [0.05, 0.1) is 19.0 Å². The average molecular weight is 353 g/mol. The van der Waals surface area contributed by atoms with Crippen molar-refractivity contribution in [2.24, 2.45) is 0 Å². The molecule has 0 fully saturated rings. The molecule has 0 spiro atoms. The van der Waals surface area contributed by atoms with E-state index in [0.29, 0.717) is 17.1 Å². The van der Waals surface area contributed by atoms with Crippen molar-refractivity contribution in [2.75, 3.05) is 31.8 Å². The van der Waals surface area contributed by atoms with E-state index in [1.165, 1.54) is 13.3 Å². The summed E-state index contributed by atoms with van der Waals surface area (Å²) in [5, 5.41) is 7.03. The molecule has 9 heteroatoms. The fourth-order valence-electron chi connectivity index (χ4n) is 3.13. The highest BCUT2D eigenvalue weighted by Gasteiger charge is 2.23. The van der Waals surface area contributed by atoms with Gasteiger partial charge in [-0.25, -0.2) is 9.50 Å². The van der Waals surface area contributed by atoms with E-state index in [0.717, 1.165) is 30.8 Å².